The van der Waals surface area contributed by atoms with Gasteiger partial charge in [-0.3, -0.25) is 10.1 Å². The first-order valence-electron chi connectivity index (χ1n) is 5.42. The molecule has 2 aromatic rings. The summed E-state index contributed by atoms with van der Waals surface area (Å²) in [4.78, 5) is 11.4. The lowest BCUT2D eigenvalue weighted by molar-refractivity contribution is -0.383. The van der Waals surface area contributed by atoms with Crippen LogP contribution in [0.2, 0.25) is 0 Å². The van der Waals surface area contributed by atoms with Crippen molar-refractivity contribution in [2.24, 2.45) is 0 Å². The number of nitrogens with zero attached hydrogens (tertiary/aromatic N) is 1. The quantitative estimate of drug-likeness (QED) is 0.503. The van der Waals surface area contributed by atoms with Crippen LogP contribution >= 0.6 is 11.3 Å². The highest BCUT2D eigenvalue weighted by molar-refractivity contribution is 7.10. The van der Waals surface area contributed by atoms with Gasteiger partial charge >= 0.3 is 0 Å². The Morgan fingerprint density at radius 3 is 2.78 bits per heavy atom. The second-order valence-corrected chi connectivity index (χ2v) is 4.89. The number of nitrogen functional groups attached to an aromatic ring is 1. The molecule has 0 spiro atoms. The van der Waals surface area contributed by atoms with Crippen molar-refractivity contribution >= 4 is 28.4 Å². The summed E-state index contributed by atoms with van der Waals surface area (Å²) in [7, 11) is 0. The molecule has 5 nitrogen and oxygen atoms in total. The number of thiophene rings is 1. The molecule has 1 heterocycles. The van der Waals surface area contributed by atoms with Crippen molar-refractivity contribution in [3.8, 4) is 0 Å². The van der Waals surface area contributed by atoms with Gasteiger partial charge in [0.05, 0.1) is 11.0 Å². The Bertz CT molecular complexity index is 554. The van der Waals surface area contributed by atoms with E-state index in [1.54, 1.807) is 23.5 Å². The van der Waals surface area contributed by atoms with Crippen LogP contribution in [0.4, 0.5) is 17.1 Å². The largest absolute Gasteiger partial charge is 0.393 e. The Kier molecular flexibility index (Phi) is 3.47. The molecule has 0 aliphatic rings. The van der Waals surface area contributed by atoms with Gasteiger partial charge in [0.1, 0.15) is 5.69 Å². The van der Waals surface area contributed by atoms with Gasteiger partial charge in [0.15, 0.2) is 0 Å². The number of anilines is 2. The van der Waals surface area contributed by atoms with E-state index in [9.17, 15) is 10.1 Å². The highest BCUT2D eigenvalue weighted by Crippen LogP contribution is 2.28. The molecular formula is C12H13N3O2S. The zero-order valence-corrected chi connectivity index (χ0v) is 10.6. The molecule has 0 saturated heterocycles. The van der Waals surface area contributed by atoms with E-state index in [1.807, 2.05) is 24.4 Å². The lowest BCUT2D eigenvalue weighted by atomic mass is 10.2. The third kappa shape index (κ3) is 2.60. The maximum absolute atomic E-state index is 10.6. The summed E-state index contributed by atoms with van der Waals surface area (Å²) in [6.45, 7) is 2.03. The first-order valence-corrected chi connectivity index (χ1v) is 6.29. The summed E-state index contributed by atoms with van der Waals surface area (Å²) in [6.07, 6.45) is 0. The number of nitro groups is 1. The summed E-state index contributed by atoms with van der Waals surface area (Å²) in [5, 5.41) is 15.9. The number of hydrogen-bond acceptors (Lipinski definition) is 5. The molecule has 0 saturated carbocycles. The average Bonchev–Trinajstić information content (AvgIpc) is 2.81. The van der Waals surface area contributed by atoms with Gasteiger partial charge in [-0.15, -0.1) is 11.3 Å². The van der Waals surface area contributed by atoms with Crippen molar-refractivity contribution in [1.82, 2.24) is 0 Å². The Labute approximate surface area is 108 Å². The third-order valence-electron chi connectivity index (χ3n) is 2.58. The minimum absolute atomic E-state index is 0.0654. The minimum Gasteiger partial charge on any atom is -0.393 e. The van der Waals surface area contributed by atoms with Gasteiger partial charge in [-0.1, -0.05) is 6.07 Å². The number of nitrogens with two attached hydrogens (primary N) is 1. The monoisotopic (exact) mass is 263 g/mol. The predicted octanol–water partition coefficient (Wildman–Crippen LogP) is 3.41. The molecule has 0 aliphatic heterocycles. The molecule has 0 amide bonds. The highest BCUT2D eigenvalue weighted by Gasteiger charge is 2.12. The van der Waals surface area contributed by atoms with E-state index >= 15 is 0 Å². The summed E-state index contributed by atoms with van der Waals surface area (Å²) in [5.74, 6) is 0. The maximum Gasteiger partial charge on any atom is 0.292 e. The molecule has 0 fully saturated rings. The van der Waals surface area contributed by atoms with Crippen LogP contribution in [0.3, 0.4) is 0 Å². The van der Waals surface area contributed by atoms with E-state index < -0.39 is 4.92 Å². The molecule has 1 unspecified atom stereocenters. The SMILES string of the molecule is CC(Nc1ccc([N+](=O)[O-])c(N)c1)c1cccs1. The second-order valence-electron chi connectivity index (χ2n) is 3.91. The van der Waals surface area contributed by atoms with Gasteiger partial charge in [-0.25, -0.2) is 0 Å². The molecule has 2 rings (SSSR count). The fourth-order valence-corrected chi connectivity index (χ4v) is 2.40. The molecule has 1 aromatic heterocycles. The predicted molar refractivity (Wildman–Crippen MR) is 73.9 cm³/mol. The Balaban J connectivity index is 2.15. The van der Waals surface area contributed by atoms with E-state index in [2.05, 4.69) is 5.32 Å². The van der Waals surface area contributed by atoms with Crippen molar-refractivity contribution in [3.63, 3.8) is 0 Å². The molecule has 18 heavy (non-hydrogen) atoms. The molecule has 1 aromatic carbocycles. The van der Waals surface area contributed by atoms with Crippen molar-refractivity contribution < 1.29 is 4.92 Å². The van der Waals surface area contributed by atoms with E-state index in [0.717, 1.165) is 5.69 Å². The highest BCUT2D eigenvalue weighted by atomic mass is 32.1. The van der Waals surface area contributed by atoms with Crippen LogP contribution in [-0.4, -0.2) is 4.92 Å². The van der Waals surface area contributed by atoms with Crippen molar-refractivity contribution in [1.29, 1.82) is 0 Å². The fourth-order valence-electron chi connectivity index (χ4n) is 1.67. The first-order chi connectivity index (χ1) is 8.58. The molecule has 3 N–H and O–H groups in total. The normalized spacial score (nSPS) is 12.1. The summed E-state index contributed by atoms with van der Waals surface area (Å²) in [6, 6.07) is 8.84. The number of nitro benzene ring substituents is 1. The number of hydrogen-bond donors (Lipinski definition) is 2. The van der Waals surface area contributed by atoms with Crippen molar-refractivity contribution in [3.05, 3.63) is 50.7 Å². The summed E-state index contributed by atoms with van der Waals surface area (Å²) < 4.78 is 0. The average molecular weight is 263 g/mol. The van der Waals surface area contributed by atoms with Crippen LogP contribution < -0.4 is 11.1 Å². The van der Waals surface area contributed by atoms with Crippen molar-refractivity contribution in [2.75, 3.05) is 11.1 Å². The summed E-state index contributed by atoms with van der Waals surface area (Å²) in [5.41, 5.74) is 6.52. The zero-order valence-electron chi connectivity index (χ0n) is 9.79. The lowest BCUT2D eigenvalue weighted by Gasteiger charge is -2.13. The van der Waals surface area contributed by atoms with Crippen LogP contribution in [0.25, 0.3) is 0 Å². The smallest absolute Gasteiger partial charge is 0.292 e. The molecule has 0 radical (unpaired) electrons. The maximum atomic E-state index is 10.6. The second kappa shape index (κ2) is 5.05. The van der Waals surface area contributed by atoms with Crippen molar-refractivity contribution in [2.45, 2.75) is 13.0 Å². The van der Waals surface area contributed by atoms with Crippen LogP contribution in [0.15, 0.2) is 35.7 Å². The van der Waals surface area contributed by atoms with Gasteiger partial charge in [-0.2, -0.15) is 0 Å². The Hall–Kier alpha value is -2.08. The molecule has 94 valence electrons. The fraction of sp³-hybridized carbons (Fsp3) is 0.167. The Morgan fingerprint density at radius 2 is 2.22 bits per heavy atom. The number of rotatable bonds is 4. The number of benzene rings is 1. The minimum atomic E-state index is -0.484. The Morgan fingerprint density at radius 1 is 1.44 bits per heavy atom. The summed E-state index contributed by atoms with van der Waals surface area (Å²) >= 11 is 1.66. The van der Waals surface area contributed by atoms with E-state index in [-0.39, 0.29) is 17.4 Å². The van der Waals surface area contributed by atoms with E-state index in [4.69, 9.17) is 5.73 Å². The van der Waals surface area contributed by atoms with Gasteiger partial charge in [0.2, 0.25) is 0 Å². The number of nitrogens with one attached hydrogen (secondary N) is 1. The van der Waals surface area contributed by atoms with Crippen LogP contribution in [0.1, 0.15) is 17.8 Å². The van der Waals surface area contributed by atoms with Crippen LogP contribution in [-0.2, 0) is 0 Å². The molecule has 0 aliphatic carbocycles. The topological polar surface area (TPSA) is 81.2 Å². The van der Waals surface area contributed by atoms with E-state index in [0.29, 0.717) is 0 Å². The standard InChI is InChI=1S/C12H13N3O2S/c1-8(12-3-2-6-18-12)14-9-4-5-11(15(16)17)10(13)7-9/h2-8,14H,13H2,1H3. The molecular weight excluding hydrogens is 250 g/mol. The van der Waals surface area contributed by atoms with Gasteiger partial charge in [0, 0.05) is 16.6 Å². The third-order valence-corrected chi connectivity index (χ3v) is 3.63. The van der Waals surface area contributed by atoms with Gasteiger partial charge in [-0.05, 0) is 30.5 Å². The van der Waals surface area contributed by atoms with Crippen LogP contribution in [0.5, 0.6) is 0 Å². The molecule has 0 bridgehead atoms. The molecule has 6 heteroatoms. The van der Waals surface area contributed by atoms with Crippen LogP contribution in [0, 0.1) is 10.1 Å². The van der Waals surface area contributed by atoms with Gasteiger partial charge < -0.3 is 11.1 Å². The van der Waals surface area contributed by atoms with E-state index in [1.165, 1.54) is 10.9 Å². The first kappa shape index (κ1) is 12.4. The molecule has 1 atom stereocenters. The lowest BCUT2D eigenvalue weighted by Crippen LogP contribution is -2.05. The van der Waals surface area contributed by atoms with Gasteiger partial charge in [0.25, 0.3) is 5.69 Å². The zero-order chi connectivity index (χ0) is 13.1.